The Kier molecular flexibility index (Phi) is 5.49. The topological polar surface area (TPSA) is 81.9 Å². The molecule has 1 amide bonds. The minimum Gasteiger partial charge on any atom is -0.481 e. The lowest BCUT2D eigenvalue weighted by molar-refractivity contribution is -0.122. The Morgan fingerprint density at radius 1 is 1.15 bits per heavy atom. The standard InChI is InChI=1S/C20H23N5O2/c1-13(2)16-6-5-7-18(11-16)27-15(4)20(26)22-17-8-9-19(14(3)10-17)25-12-21-23-24-25/h5-13,15H,1-4H3,(H,22,26). The Balaban J connectivity index is 1.66. The molecule has 2 aromatic carbocycles. The molecule has 1 heterocycles. The van der Waals surface area contributed by atoms with E-state index in [9.17, 15) is 4.79 Å². The van der Waals surface area contributed by atoms with Crippen LogP contribution in [0.25, 0.3) is 5.69 Å². The second kappa shape index (κ2) is 7.99. The summed E-state index contributed by atoms with van der Waals surface area (Å²) in [6, 6.07) is 13.4. The third kappa shape index (κ3) is 4.49. The molecule has 0 saturated carbocycles. The zero-order chi connectivity index (χ0) is 19.4. The molecule has 7 heteroatoms. The van der Waals surface area contributed by atoms with Gasteiger partial charge in [-0.25, -0.2) is 4.68 Å². The van der Waals surface area contributed by atoms with Crippen LogP contribution in [0, 0.1) is 6.92 Å². The molecule has 0 bridgehead atoms. The van der Waals surface area contributed by atoms with Crippen molar-refractivity contribution in [2.45, 2.75) is 39.7 Å². The van der Waals surface area contributed by atoms with Gasteiger partial charge in [-0.3, -0.25) is 4.79 Å². The predicted octanol–water partition coefficient (Wildman–Crippen LogP) is 3.50. The van der Waals surface area contributed by atoms with Crippen molar-refractivity contribution < 1.29 is 9.53 Å². The number of amides is 1. The Bertz CT molecular complexity index is 922. The van der Waals surface area contributed by atoms with Crippen LogP contribution in [0.3, 0.4) is 0 Å². The number of aromatic nitrogens is 4. The number of ether oxygens (including phenoxy) is 1. The fraction of sp³-hybridized carbons (Fsp3) is 0.300. The number of nitrogens with one attached hydrogen (secondary N) is 1. The first-order chi connectivity index (χ1) is 12.9. The lowest BCUT2D eigenvalue weighted by atomic mass is 10.0. The summed E-state index contributed by atoms with van der Waals surface area (Å²) in [5, 5.41) is 14.0. The van der Waals surface area contributed by atoms with Crippen molar-refractivity contribution in [3.63, 3.8) is 0 Å². The molecule has 3 aromatic rings. The number of benzene rings is 2. The first-order valence-corrected chi connectivity index (χ1v) is 8.85. The number of aryl methyl sites for hydroxylation is 1. The van der Waals surface area contributed by atoms with E-state index in [1.54, 1.807) is 11.6 Å². The van der Waals surface area contributed by atoms with Gasteiger partial charge >= 0.3 is 0 Å². The summed E-state index contributed by atoms with van der Waals surface area (Å²) in [6.07, 6.45) is 0.911. The van der Waals surface area contributed by atoms with Crippen LogP contribution in [0.15, 0.2) is 48.8 Å². The third-order valence-corrected chi connectivity index (χ3v) is 4.27. The lowest BCUT2D eigenvalue weighted by Crippen LogP contribution is -2.30. The van der Waals surface area contributed by atoms with Gasteiger partial charge in [-0.05, 0) is 71.7 Å². The van der Waals surface area contributed by atoms with E-state index in [0.717, 1.165) is 11.3 Å². The molecule has 1 N–H and O–H groups in total. The fourth-order valence-electron chi connectivity index (χ4n) is 2.71. The molecule has 7 nitrogen and oxygen atoms in total. The largest absolute Gasteiger partial charge is 0.481 e. The van der Waals surface area contributed by atoms with Crippen molar-refractivity contribution in [3.05, 3.63) is 59.9 Å². The Hall–Kier alpha value is -3.22. The number of carbonyl (C=O) groups is 1. The predicted molar refractivity (Wildman–Crippen MR) is 103 cm³/mol. The van der Waals surface area contributed by atoms with Crippen molar-refractivity contribution in [2.24, 2.45) is 0 Å². The number of tetrazole rings is 1. The monoisotopic (exact) mass is 365 g/mol. The quantitative estimate of drug-likeness (QED) is 0.723. The number of anilines is 1. The summed E-state index contributed by atoms with van der Waals surface area (Å²) in [5.41, 5.74) is 3.67. The summed E-state index contributed by atoms with van der Waals surface area (Å²) in [6.45, 7) is 7.91. The zero-order valence-corrected chi connectivity index (χ0v) is 15.9. The van der Waals surface area contributed by atoms with Crippen molar-refractivity contribution >= 4 is 11.6 Å². The van der Waals surface area contributed by atoms with Gasteiger partial charge in [-0.1, -0.05) is 26.0 Å². The molecule has 27 heavy (non-hydrogen) atoms. The summed E-state index contributed by atoms with van der Waals surface area (Å²) in [7, 11) is 0. The maximum absolute atomic E-state index is 12.5. The smallest absolute Gasteiger partial charge is 0.265 e. The van der Waals surface area contributed by atoms with Gasteiger partial charge in [0.05, 0.1) is 5.69 Å². The minimum absolute atomic E-state index is 0.209. The van der Waals surface area contributed by atoms with Crippen LogP contribution in [0.1, 0.15) is 37.8 Å². The van der Waals surface area contributed by atoms with E-state index in [2.05, 4.69) is 40.8 Å². The maximum atomic E-state index is 12.5. The van der Waals surface area contributed by atoms with Crippen LogP contribution in [0.4, 0.5) is 5.69 Å². The second-order valence-electron chi connectivity index (χ2n) is 6.73. The van der Waals surface area contributed by atoms with Crippen LogP contribution in [-0.4, -0.2) is 32.2 Å². The number of carbonyl (C=O) groups excluding carboxylic acids is 1. The molecule has 0 aliphatic rings. The van der Waals surface area contributed by atoms with Crippen LogP contribution < -0.4 is 10.1 Å². The Morgan fingerprint density at radius 2 is 1.96 bits per heavy atom. The summed E-state index contributed by atoms with van der Waals surface area (Å²) < 4.78 is 7.39. The van der Waals surface area contributed by atoms with Gasteiger partial charge in [-0.15, -0.1) is 5.10 Å². The molecule has 0 radical (unpaired) electrons. The van der Waals surface area contributed by atoms with Gasteiger partial charge in [0, 0.05) is 5.69 Å². The van der Waals surface area contributed by atoms with Crippen LogP contribution in [0.2, 0.25) is 0 Å². The molecular formula is C20H23N5O2. The molecule has 1 atom stereocenters. The normalized spacial score (nSPS) is 12.0. The highest BCUT2D eigenvalue weighted by atomic mass is 16.5. The highest BCUT2D eigenvalue weighted by Gasteiger charge is 2.16. The van der Waals surface area contributed by atoms with Gasteiger partial charge in [0.1, 0.15) is 12.1 Å². The molecule has 0 fully saturated rings. The molecule has 0 aliphatic heterocycles. The van der Waals surface area contributed by atoms with Crippen molar-refractivity contribution in [2.75, 3.05) is 5.32 Å². The molecule has 1 aromatic heterocycles. The molecule has 1 unspecified atom stereocenters. The number of hydrogen-bond donors (Lipinski definition) is 1. The molecule has 0 spiro atoms. The van der Waals surface area contributed by atoms with Gasteiger partial charge < -0.3 is 10.1 Å². The van der Waals surface area contributed by atoms with E-state index >= 15 is 0 Å². The first-order valence-electron chi connectivity index (χ1n) is 8.85. The van der Waals surface area contributed by atoms with E-state index in [1.807, 2.05) is 43.3 Å². The van der Waals surface area contributed by atoms with Crippen molar-refractivity contribution in [3.8, 4) is 11.4 Å². The van der Waals surface area contributed by atoms with Crippen molar-refractivity contribution in [1.29, 1.82) is 0 Å². The van der Waals surface area contributed by atoms with Gasteiger partial charge in [0.25, 0.3) is 5.91 Å². The van der Waals surface area contributed by atoms with E-state index in [-0.39, 0.29) is 5.91 Å². The lowest BCUT2D eigenvalue weighted by Gasteiger charge is -2.16. The van der Waals surface area contributed by atoms with E-state index in [1.165, 1.54) is 11.9 Å². The highest BCUT2D eigenvalue weighted by Crippen LogP contribution is 2.22. The van der Waals surface area contributed by atoms with Gasteiger partial charge in [-0.2, -0.15) is 0 Å². The molecular weight excluding hydrogens is 342 g/mol. The van der Waals surface area contributed by atoms with E-state index < -0.39 is 6.10 Å². The second-order valence-corrected chi connectivity index (χ2v) is 6.73. The average molecular weight is 365 g/mol. The molecule has 0 aliphatic carbocycles. The minimum atomic E-state index is -0.619. The number of rotatable bonds is 6. The van der Waals surface area contributed by atoms with Crippen LogP contribution in [0.5, 0.6) is 5.75 Å². The highest BCUT2D eigenvalue weighted by molar-refractivity contribution is 5.94. The average Bonchev–Trinajstić information content (AvgIpc) is 3.16. The number of hydrogen-bond acceptors (Lipinski definition) is 5. The summed E-state index contributed by atoms with van der Waals surface area (Å²) in [5.74, 6) is 0.882. The molecule has 140 valence electrons. The zero-order valence-electron chi connectivity index (χ0n) is 15.9. The third-order valence-electron chi connectivity index (χ3n) is 4.27. The van der Waals surface area contributed by atoms with Gasteiger partial charge in [0.2, 0.25) is 0 Å². The summed E-state index contributed by atoms with van der Waals surface area (Å²) >= 11 is 0. The fourth-order valence-corrected chi connectivity index (χ4v) is 2.71. The van der Waals surface area contributed by atoms with E-state index in [0.29, 0.717) is 17.4 Å². The number of nitrogens with zero attached hydrogens (tertiary/aromatic N) is 4. The Labute approximate surface area is 158 Å². The molecule has 3 rings (SSSR count). The van der Waals surface area contributed by atoms with Crippen LogP contribution >= 0.6 is 0 Å². The maximum Gasteiger partial charge on any atom is 0.265 e. The van der Waals surface area contributed by atoms with E-state index in [4.69, 9.17) is 4.74 Å². The molecule has 0 saturated heterocycles. The van der Waals surface area contributed by atoms with Crippen molar-refractivity contribution in [1.82, 2.24) is 20.2 Å². The van der Waals surface area contributed by atoms with Crippen LogP contribution in [-0.2, 0) is 4.79 Å². The Morgan fingerprint density at radius 3 is 2.63 bits per heavy atom. The first kappa shape index (κ1) is 18.6. The summed E-state index contributed by atoms with van der Waals surface area (Å²) in [4.78, 5) is 12.5. The SMILES string of the molecule is Cc1cc(NC(=O)C(C)Oc2cccc(C(C)C)c2)ccc1-n1cnnn1. The van der Waals surface area contributed by atoms with Gasteiger partial charge in [0.15, 0.2) is 6.10 Å².